The molecule has 0 atom stereocenters. The Morgan fingerprint density at radius 2 is 1.02 bits per heavy atom. The fourth-order valence-electron chi connectivity index (χ4n) is 9.55. The van der Waals surface area contributed by atoms with Gasteiger partial charge in [0, 0.05) is 33.0 Å². The van der Waals surface area contributed by atoms with E-state index in [0.29, 0.717) is 12.4 Å². The molecule has 1 aliphatic rings. The first kappa shape index (κ1) is 41.8. The number of aromatic nitrogens is 1. The first-order valence-electron chi connectivity index (χ1n) is 22.5. The van der Waals surface area contributed by atoms with Crippen LogP contribution < -0.4 is 0 Å². The Morgan fingerprint density at radius 1 is 0.455 bits per heavy atom. The number of fused-ring (bicyclic) bond motifs is 6. The number of rotatable bonds is 9. The van der Waals surface area contributed by atoms with Crippen LogP contribution in [0.25, 0.3) is 72.0 Å². The van der Waals surface area contributed by atoms with Crippen LogP contribution in [0.5, 0.6) is 0 Å². The van der Waals surface area contributed by atoms with Gasteiger partial charge in [0.15, 0.2) is 5.84 Å². The molecule has 0 unspecified atom stereocenters. The SMILES string of the molecule is C=NC(=NCc1ccc(-n2c3ccccc3c3cccc(-c4ccc(-c5ccc6c(c5)C(C)(C)c5ccccc5-6)cc4)c32)cc1)c1ccc(-c2ccccc2)cc1.C=NCc1ccccc1. The molecule has 0 spiro atoms. The Kier molecular flexibility index (Phi) is 11.5. The van der Waals surface area contributed by atoms with Crippen molar-refractivity contribution in [1.82, 2.24) is 4.57 Å². The molecule has 0 fully saturated rings. The first-order chi connectivity index (χ1) is 32.4. The number of amidine groups is 1. The summed E-state index contributed by atoms with van der Waals surface area (Å²) >= 11 is 0. The van der Waals surface area contributed by atoms with Crippen LogP contribution >= 0.6 is 0 Å². The van der Waals surface area contributed by atoms with Crippen LogP contribution in [-0.2, 0) is 18.5 Å². The number of nitrogens with zero attached hydrogens (tertiary/aromatic N) is 4. The molecule has 11 rings (SSSR count). The second-order valence-corrected chi connectivity index (χ2v) is 17.3. The third-order valence-electron chi connectivity index (χ3n) is 13.0. The van der Waals surface area contributed by atoms with E-state index in [1.54, 1.807) is 0 Å². The second-order valence-electron chi connectivity index (χ2n) is 17.3. The Morgan fingerprint density at radius 3 is 1.76 bits per heavy atom. The normalized spacial score (nSPS) is 12.5. The molecule has 4 heteroatoms. The van der Waals surface area contributed by atoms with Crippen molar-refractivity contribution >= 4 is 41.1 Å². The summed E-state index contributed by atoms with van der Waals surface area (Å²) in [5.41, 5.74) is 19.4. The Bertz CT molecular complexity index is 3380. The third kappa shape index (κ3) is 7.99. The molecule has 0 N–H and O–H groups in total. The third-order valence-corrected chi connectivity index (χ3v) is 13.0. The molecular weight excluding hydrogens is 801 g/mol. The summed E-state index contributed by atoms with van der Waals surface area (Å²) in [6, 6.07) is 77.9. The lowest BCUT2D eigenvalue weighted by molar-refractivity contribution is 0.660. The molecule has 0 bridgehead atoms. The van der Waals surface area contributed by atoms with Crippen LogP contribution in [0, 0.1) is 0 Å². The van der Waals surface area contributed by atoms with Crippen LogP contribution in [0.2, 0.25) is 0 Å². The van der Waals surface area contributed by atoms with E-state index in [2.05, 4.69) is 224 Å². The summed E-state index contributed by atoms with van der Waals surface area (Å²) in [5, 5.41) is 2.47. The van der Waals surface area contributed by atoms with Gasteiger partial charge >= 0.3 is 0 Å². The van der Waals surface area contributed by atoms with Gasteiger partial charge in [-0.25, -0.2) is 4.99 Å². The number of hydrogen-bond donors (Lipinski definition) is 0. The predicted molar refractivity (Wildman–Crippen MR) is 281 cm³/mol. The predicted octanol–water partition coefficient (Wildman–Crippen LogP) is 15.6. The van der Waals surface area contributed by atoms with Gasteiger partial charge in [0.25, 0.3) is 0 Å². The van der Waals surface area contributed by atoms with Crippen molar-refractivity contribution in [2.24, 2.45) is 15.0 Å². The average molecular weight is 851 g/mol. The van der Waals surface area contributed by atoms with E-state index in [0.717, 1.165) is 28.9 Å². The number of hydrogen-bond acceptors (Lipinski definition) is 2. The van der Waals surface area contributed by atoms with Crippen LogP contribution in [-0.4, -0.2) is 23.8 Å². The summed E-state index contributed by atoms with van der Waals surface area (Å²) in [4.78, 5) is 12.9. The van der Waals surface area contributed by atoms with Crippen molar-refractivity contribution in [2.45, 2.75) is 32.4 Å². The lowest BCUT2D eigenvalue weighted by Gasteiger charge is -2.22. The maximum atomic E-state index is 4.87. The zero-order chi connectivity index (χ0) is 45.0. The highest BCUT2D eigenvalue weighted by atomic mass is 15.0. The average Bonchev–Trinajstić information content (AvgIpc) is 3.83. The van der Waals surface area contributed by atoms with Crippen LogP contribution in [0.3, 0.4) is 0 Å². The van der Waals surface area contributed by atoms with Gasteiger partial charge < -0.3 is 4.57 Å². The number of benzene rings is 9. The van der Waals surface area contributed by atoms with Crippen molar-refractivity contribution in [3.63, 3.8) is 0 Å². The summed E-state index contributed by atoms with van der Waals surface area (Å²) < 4.78 is 2.41. The lowest BCUT2D eigenvalue weighted by Crippen LogP contribution is -2.14. The number of aliphatic imine (C=N–C) groups is 3. The van der Waals surface area contributed by atoms with Crippen molar-refractivity contribution in [3.8, 4) is 50.2 Å². The molecular formula is C62H50N4. The minimum atomic E-state index is -0.0298. The maximum Gasteiger partial charge on any atom is 0.154 e. The number of para-hydroxylation sites is 2. The highest BCUT2D eigenvalue weighted by molar-refractivity contribution is 6.13. The van der Waals surface area contributed by atoms with E-state index in [1.807, 2.05) is 36.4 Å². The van der Waals surface area contributed by atoms with E-state index in [-0.39, 0.29) is 5.41 Å². The van der Waals surface area contributed by atoms with E-state index in [9.17, 15) is 0 Å². The van der Waals surface area contributed by atoms with E-state index < -0.39 is 0 Å². The monoisotopic (exact) mass is 850 g/mol. The Balaban J connectivity index is 0.000000511. The molecule has 0 saturated heterocycles. The molecule has 1 aliphatic carbocycles. The topological polar surface area (TPSA) is 42.0 Å². The van der Waals surface area contributed by atoms with Gasteiger partial charge in [0.1, 0.15) is 0 Å². The van der Waals surface area contributed by atoms with Gasteiger partial charge in [-0.3, -0.25) is 9.98 Å². The maximum absolute atomic E-state index is 4.87. The first-order valence-corrected chi connectivity index (χ1v) is 22.5. The highest BCUT2D eigenvalue weighted by Gasteiger charge is 2.35. The molecule has 10 aromatic rings. The van der Waals surface area contributed by atoms with Crippen LogP contribution in [0.4, 0.5) is 0 Å². The molecule has 1 aromatic heterocycles. The fourth-order valence-corrected chi connectivity index (χ4v) is 9.55. The summed E-state index contributed by atoms with van der Waals surface area (Å²) in [7, 11) is 0. The minimum absolute atomic E-state index is 0.0298. The standard InChI is InChI=1S/C54H41N3.C8H9N/c1-54(2)49-18-9-7-14-45(49)46-33-30-42(34-50(46)54)39-22-26-40(27-23-39)44-16-11-17-48-47-15-8-10-19-51(47)57(52(44)48)43-31-20-36(21-32-43)35-56-53(55-3)41-28-24-38(25-29-41)37-12-5-4-6-13-37;1-9-7-8-5-3-2-4-6-8/h4-34H,3,35H2,1-2H3;2-6H,1,7H2. The summed E-state index contributed by atoms with van der Waals surface area (Å²) in [6.45, 7) is 13.2. The zero-order valence-corrected chi connectivity index (χ0v) is 37.4. The largest absolute Gasteiger partial charge is 0.309 e. The molecule has 0 saturated carbocycles. The Hall–Kier alpha value is -8.21. The van der Waals surface area contributed by atoms with Gasteiger partial charge in [-0.15, -0.1) is 0 Å². The fraction of sp³-hybridized carbons (Fsp3) is 0.0806. The molecule has 66 heavy (non-hydrogen) atoms. The van der Waals surface area contributed by atoms with Gasteiger partial charge in [-0.05, 0) is 98.9 Å². The van der Waals surface area contributed by atoms with Crippen molar-refractivity contribution in [2.75, 3.05) is 0 Å². The zero-order valence-electron chi connectivity index (χ0n) is 37.4. The molecule has 318 valence electrons. The molecule has 9 aromatic carbocycles. The van der Waals surface area contributed by atoms with Crippen molar-refractivity contribution in [1.29, 1.82) is 0 Å². The molecule has 0 amide bonds. The molecule has 4 nitrogen and oxygen atoms in total. The van der Waals surface area contributed by atoms with E-state index in [4.69, 9.17) is 4.99 Å². The van der Waals surface area contributed by atoms with Crippen LogP contribution in [0.1, 0.15) is 41.7 Å². The smallest absolute Gasteiger partial charge is 0.154 e. The molecule has 1 heterocycles. The van der Waals surface area contributed by atoms with Gasteiger partial charge in [-0.2, -0.15) is 0 Å². The van der Waals surface area contributed by atoms with Crippen molar-refractivity contribution < 1.29 is 0 Å². The summed E-state index contributed by atoms with van der Waals surface area (Å²) in [6.07, 6.45) is 0. The molecule has 0 radical (unpaired) electrons. The lowest BCUT2D eigenvalue weighted by atomic mass is 9.81. The highest BCUT2D eigenvalue weighted by Crippen LogP contribution is 2.49. The second kappa shape index (κ2) is 18.1. The van der Waals surface area contributed by atoms with Gasteiger partial charge in [0.2, 0.25) is 0 Å². The van der Waals surface area contributed by atoms with E-state index in [1.165, 1.54) is 77.4 Å². The molecule has 0 aliphatic heterocycles. The minimum Gasteiger partial charge on any atom is -0.309 e. The van der Waals surface area contributed by atoms with Crippen molar-refractivity contribution in [3.05, 3.63) is 246 Å². The van der Waals surface area contributed by atoms with Crippen LogP contribution in [0.15, 0.2) is 233 Å². The van der Waals surface area contributed by atoms with Gasteiger partial charge in [-0.1, -0.05) is 208 Å². The quantitative estimate of drug-likeness (QED) is 0.103. The van der Waals surface area contributed by atoms with E-state index >= 15 is 0 Å². The Labute approximate surface area is 387 Å². The van der Waals surface area contributed by atoms with Gasteiger partial charge in [0.05, 0.1) is 24.1 Å². The summed E-state index contributed by atoms with van der Waals surface area (Å²) in [5.74, 6) is 0.641.